The molecule has 0 amide bonds. The number of unbranched alkanes of at least 4 members (excludes halogenated alkanes) is 8. The van der Waals surface area contributed by atoms with E-state index in [4.69, 9.17) is 14.2 Å². The molecule has 2 aliphatic rings. The highest BCUT2D eigenvalue weighted by atomic mass is 16.6. The van der Waals surface area contributed by atoms with E-state index in [1.165, 1.54) is 38.5 Å². The van der Waals surface area contributed by atoms with Gasteiger partial charge in [-0.1, -0.05) is 63.3 Å². The molecule has 0 radical (unpaired) electrons. The van der Waals surface area contributed by atoms with Crippen LogP contribution in [0.4, 0.5) is 0 Å². The second kappa shape index (κ2) is 14.8. The van der Waals surface area contributed by atoms with Gasteiger partial charge in [0.2, 0.25) is 0 Å². The molecule has 2 saturated heterocycles. The fourth-order valence-corrected chi connectivity index (χ4v) is 3.85. The zero-order valence-electron chi connectivity index (χ0n) is 18.1. The Morgan fingerprint density at radius 1 is 0.897 bits per heavy atom. The van der Waals surface area contributed by atoms with Crippen LogP contribution < -0.4 is 0 Å². The van der Waals surface area contributed by atoms with E-state index in [1.807, 2.05) is 0 Å². The number of esters is 1. The maximum absolute atomic E-state index is 12.0. The van der Waals surface area contributed by atoms with Crippen LogP contribution in [0.15, 0.2) is 24.3 Å². The van der Waals surface area contributed by atoms with E-state index in [9.17, 15) is 9.90 Å². The number of carbonyl (C=O) groups excluding carboxylic acids is 1. The van der Waals surface area contributed by atoms with Gasteiger partial charge in [0.15, 0.2) is 6.10 Å². The zero-order valence-corrected chi connectivity index (χ0v) is 18.1. The summed E-state index contributed by atoms with van der Waals surface area (Å²) in [5.74, 6) is -0.185. The largest absolute Gasteiger partial charge is 0.457 e. The minimum absolute atomic E-state index is 0.185. The van der Waals surface area contributed by atoms with Crippen molar-refractivity contribution in [2.45, 2.75) is 108 Å². The van der Waals surface area contributed by atoms with Crippen molar-refractivity contribution in [3.8, 4) is 0 Å². The molecule has 2 aliphatic heterocycles. The van der Waals surface area contributed by atoms with Crippen LogP contribution in [0.25, 0.3) is 0 Å². The molecule has 1 N–H and O–H groups in total. The Bertz CT molecular complexity index is 501. The molecule has 0 aromatic heterocycles. The third-order valence-electron chi connectivity index (χ3n) is 5.60. The van der Waals surface area contributed by atoms with Crippen LogP contribution in [-0.4, -0.2) is 48.7 Å². The van der Waals surface area contributed by atoms with Crippen molar-refractivity contribution in [2.75, 3.05) is 13.2 Å². The van der Waals surface area contributed by atoms with Crippen LogP contribution in [0, 0.1) is 0 Å². The van der Waals surface area contributed by atoms with E-state index in [0.29, 0.717) is 13.0 Å². The summed E-state index contributed by atoms with van der Waals surface area (Å²) in [7, 11) is 0. The van der Waals surface area contributed by atoms with Crippen LogP contribution in [0.2, 0.25) is 0 Å². The first-order chi connectivity index (χ1) is 14.2. The lowest BCUT2D eigenvalue weighted by Crippen LogP contribution is -2.34. The molecule has 0 spiro atoms. The normalized spacial score (nSPS) is 26.6. The average Bonchev–Trinajstić information content (AvgIpc) is 3.28. The Hall–Kier alpha value is -1.17. The molecule has 2 heterocycles. The highest BCUT2D eigenvalue weighted by Gasteiger charge is 2.48. The number of aliphatic hydroxyl groups is 1. The molecule has 4 atom stereocenters. The van der Waals surface area contributed by atoms with Crippen molar-refractivity contribution < 1.29 is 24.1 Å². The van der Waals surface area contributed by atoms with Crippen LogP contribution >= 0.6 is 0 Å². The lowest BCUT2D eigenvalue weighted by Gasteiger charge is -2.16. The van der Waals surface area contributed by atoms with E-state index in [1.54, 1.807) is 0 Å². The molecule has 5 heteroatoms. The third-order valence-corrected chi connectivity index (χ3v) is 5.60. The predicted molar refractivity (Wildman–Crippen MR) is 115 cm³/mol. The van der Waals surface area contributed by atoms with Crippen LogP contribution in [-0.2, 0) is 19.0 Å². The molecule has 0 bridgehead atoms. The van der Waals surface area contributed by atoms with Gasteiger partial charge in [0.1, 0.15) is 18.3 Å². The lowest BCUT2D eigenvalue weighted by molar-refractivity contribution is -0.153. The zero-order chi connectivity index (χ0) is 20.7. The van der Waals surface area contributed by atoms with E-state index in [-0.39, 0.29) is 30.9 Å². The highest BCUT2D eigenvalue weighted by Crippen LogP contribution is 2.29. The maximum Gasteiger partial charge on any atom is 0.306 e. The molecule has 2 rings (SSSR count). The summed E-state index contributed by atoms with van der Waals surface area (Å²) in [6.45, 7) is 2.81. The van der Waals surface area contributed by atoms with E-state index < -0.39 is 6.10 Å². The fraction of sp³-hybridized carbons (Fsp3) is 0.792. The number of aliphatic hydroxyl groups excluding tert-OH is 1. The van der Waals surface area contributed by atoms with Gasteiger partial charge in [-0.2, -0.15) is 0 Å². The van der Waals surface area contributed by atoms with Gasteiger partial charge in [-0.3, -0.25) is 4.79 Å². The summed E-state index contributed by atoms with van der Waals surface area (Å²) in [6, 6.07) is 0. The van der Waals surface area contributed by atoms with Gasteiger partial charge < -0.3 is 19.3 Å². The minimum Gasteiger partial charge on any atom is -0.457 e. The molecule has 0 saturated carbocycles. The molecule has 166 valence electrons. The van der Waals surface area contributed by atoms with E-state index in [2.05, 4.69) is 31.2 Å². The SMILES string of the molecule is CCCCC/C=C\C/C=C\CCCCCCCC(=O)OC1COC2C(O)COC12. The molecule has 0 aromatic carbocycles. The smallest absolute Gasteiger partial charge is 0.306 e. The number of ether oxygens (including phenoxy) is 3. The van der Waals surface area contributed by atoms with Gasteiger partial charge >= 0.3 is 5.97 Å². The van der Waals surface area contributed by atoms with Gasteiger partial charge in [0.25, 0.3) is 0 Å². The monoisotopic (exact) mass is 408 g/mol. The quantitative estimate of drug-likeness (QED) is 0.238. The second-order valence-electron chi connectivity index (χ2n) is 8.17. The number of carbonyl (C=O) groups is 1. The molecule has 2 fully saturated rings. The van der Waals surface area contributed by atoms with Gasteiger partial charge in [0, 0.05) is 6.42 Å². The van der Waals surface area contributed by atoms with Crippen molar-refractivity contribution in [3.63, 3.8) is 0 Å². The standard InChI is InChI=1S/C24H40O5/c1-2-3-4-5-6-7-8-9-10-11-12-13-14-15-16-17-22(26)29-21-19-28-23-20(25)18-27-24(21)23/h6-7,9-10,20-21,23-25H,2-5,8,11-19H2,1H3/b7-6-,10-9-. The summed E-state index contributed by atoms with van der Waals surface area (Å²) >= 11 is 0. The predicted octanol–water partition coefficient (Wildman–Crippen LogP) is 4.87. The Morgan fingerprint density at radius 3 is 2.31 bits per heavy atom. The van der Waals surface area contributed by atoms with Gasteiger partial charge in [-0.05, 0) is 38.5 Å². The number of rotatable bonds is 15. The van der Waals surface area contributed by atoms with Crippen LogP contribution in [0.5, 0.6) is 0 Å². The number of fused-ring (bicyclic) bond motifs is 1. The van der Waals surface area contributed by atoms with E-state index in [0.717, 1.165) is 32.1 Å². The Labute approximate surface area is 176 Å². The summed E-state index contributed by atoms with van der Waals surface area (Å²) in [4.78, 5) is 12.0. The summed E-state index contributed by atoms with van der Waals surface area (Å²) < 4.78 is 16.4. The van der Waals surface area contributed by atoms with Crippen LogP contribution in [0.3, 0.4) is 0 Å². The molecule has 4 unspecified atom stereocenters. The topological polar surface area (TPSA) is 65.0 Å². The molecular weight excluding hydrogens is 368 g/mol. The second-order valence-corrected chi connectivity index (χ2v) is 8.17. The third kappa shape index (κ3) is 9.45. The first-order valence-electron chi connectivity index (χ1n) is 11.6. The lowest BCUT2D eigenvalue weighted by atomic mass is 10.1. The summed E-state index contributed by atoms with van der Waals surface area (Å²) in [5, 5.41) is 9.71. The summed E-state index contributed by atoms with van der Waals surface area (Å²) in [6.07, 6.45) is 20.7. The Balaban J connectivity index is 1.38. The Morgan fingerprint density at radius 2 is 1.55 bits per heavy atom. The molecule has 0 aliphatic carbocycles. The van der Waals surface area contributed by atoms with Crippen molar-refractivity contribution in [3.05, 3.63) is 24.3 Å². The van der Waals surface area contributed by atoms with Crippen molar-refractivity contribution in [1.29, 1.82) is 0 Å². The number of hydrogen-bond donors (Lipinski definition) is 1. The number of allylic oxidation sites excluding steroid dienone is 4. The molecular formula is C24H40O5. The fourth-order valence-electron chi connectivity index (χ4n) is 3.85. The first kappa shape index (κ1) is 24.1. The summed E-state index contributed by atoms with van der Waals surface area (Å²) in [5.41, 5.74) is 0. The van der Waals surface area contributed by atoms with Crippen LogP contribution in [0.1, 0.15) is 84.0 Å². The highest BCUT2D eigenvalue weighted by molar-refractivity contribution is 5.69. The van der Waals surface area contributed by atoms with Gasteiger partial charge in [-0.15, -0.1) is 0 Å². The van der Waals surface area contributed by atoms with Gasteiger partial charge in [0.05, 0.1) is 13.2 Å². The minimum atomic E-state index is -0.606. The van der Waals surface area contributed by atoms with Crippen molar-refractivity contribution >= 4 is 5.97 Å². The number of hydrogen-bond acceptors (Lipinski definition) is 5. The van der Waals surface area contributed by atoms with Crippen molar-refractivity contribution in [2.24, 2.45) is 0 Å². The van der Waals surface area contributed by atoms with E-state index >= 15 is 0 Å². The van der Waals surface area contributed by atoms with Crippen molar-refractivity contribution in [1.82, 2.24) is 0 Å². The Kier molecular flexibility index (Phi) is 12.3. The van der Waals surface area contributed by atoms with Gasteiger partial charge in [-0.25, -0.2) is 0 Å². The molecule has 0 aromatic rings. The molecule has 5 nitrogen and oxygen atoms in total. The molecule has 29 heavy (non-hydrogen) atoms. The average molecular weight is 409 g/mol. The maximum atomic E-state index is 12.0. The first-order valence-corrected chi connectivity index (χ1v) is 11.6.